The summed E-state index contributed by atoms with van der Waals surface area (Å²) in [7, 11) is -3.50. The van der Waals surface area contributed by atoms with Gasteiger partial charge in [0.05, 0.1) is 11.3 Å². The molecule has 2 aromatic carbocycles. The van der Waals surface area contributed by atoms with E-state index in [1.807, 2.05) is 12.1 Å². The number of sulfonamides is 1. The predicted octanol–water partition coefficient (Wildman–Crippen LogP) is 2.42. The minimum absolute atomic E-state index is 0.0148. The first-order chi connectivity index (χ1) is 12.0. The van der Waals surface area contributed by atoms with E-state index in [4.69, 9.17) is 11.6 Å². The lowest BCUT2D eigenvalue weighted by atomic mass is 10.1. The quantitative estimate of drug-likeness (QED) is 0.821. The minimum Gasteiger partial charge on any atom is -0.340 e. The molecule has 1 saturated heterocycles. The van der Waals surface area contributed by atoms with Gasteiger partial charge in [0.2, 0.25) is 15.9 Å². The van der Waals surface area contributed by atoms with Crippen LogP contribution in [0.4, 0.5) is 0 Å². The molecule has 5 nitrogen and oxygen atoms in total. The van der Waals surface area contributed by atoms with E-state index < -0.39 is 10.0 Å². The number of carbonyl (C=O) groups is 1. The average molecular weight is 379 g/mol. The van der Waals surface area contributed by atoms with Gasteiger partial charge in [0.25, 0.3) is 0 Å². The smallest absolute Gasteiger partial charge is 0.243 e. The molecule has 1 amide bonds. The maximum atomic E-state index is 12.6. The van der Waals surface area contributed by atoms with Crippen LogP contribution in [0.1, 0.15) is 5.56 Å². The van der Waals surface area contributed by atoms with Crippen LogP contribution in [-0.2, 0) is 21.2 Å². The van der Waals surface area contributed by atoms with Crippen LogP contribution in [0.3, 0.4) is 0 Å². The van der Waals surface area contributed by atoms with Crippen LogP contribution in [0.5, 0.6) is 0 Å². The fourth-order valence-electron chi connectivity index (χ4n) is 2.85. The van der Waals surface area contributed by atoms with E-state index in [1.54, 1.807) is 47.4 Å². The Morgan fingerprint density at radius 2 is 1.64 bits per heavy atom. The van der Waals surface area contributed by atoms with Crippen molar-refractivity contribution < 1.29 is 13.2 Å². The highest BCUT2D eigenvalue weighted by atomic mass is 35.5. The van der Waals surface area contributed by atoms with Crippen LogP contribution in [0.2, 0.25) is 5.02 Å². The normalized spacial score (nSPS) is 16.0. The lowest BCUT2D eigenvalue weighted by Gasteiger charge is -2.34. The first kappa shape index (κ1) is 17.9. The monoisotopic (exact) mass is 378 g/mol. The van der Waals surface area contributed by atoms with Gasteiger partial charge < -0.3 is 4.90 Å². The summed E-state index contributed by atoms with van der Waals surface area (Å²) >= 11 is 5.94. The first-order valence-electron chi connectivity index (χ1n) is 8.04. The van der Waals surface area contributed by atoms with Gasteiger partial charge in [0, 0.05) is 31.2 Å². The van der Waals surface area contributed by atoms with Gasteiger partial charge >= 0.3 is 0 Å². The summed E-state index contributed by atoms with van der Waals surface area (Å²) in [6, 6.07) is 15.6. The number of benzene rings is 2. The molecule has 1 fully saturated rings. The molecular weight excluding hydrogens is 360 g/mol. The summed E-state index contributed by atoms with van der Waals surface area (Å²) in [4.78, 5) is 14.4. The maximum absolute atomic E-state index is 12.6. The van der Waals surface area contributed by atoms with Crippen molar-refractivity contribution in [1.82, 2.24) is 9.21 Å². The molecule has 0 spiro atoms. The standard InChI is InChI=1S/C18H19ClN2O3S/c19-16-6-4-5-15(13-16)14-18(22)20-9-11-21(12-10-20)25(23,24)17-7-2-1-3-8-17/h1-8,13H,9-12,14H2. The Morgan fingerprint density at radius 1 is 0.960 bits per heavy atom. The topological polar surface area (TPSA) is 57.7 Å². The number of rotatable bonds is 4. The van der Waals surface area contributed by atoms with E-state index in [0.29, 0.717) is 31.2 Å². The summed E-state index contributed by atoms with van der Waals surface area (Å²) in [6.45, 7) is 1.40. The first-order valence-corrected chi connectivity index (χ1v) is 9.86. The SMILES string of the molecule is O=C(Cc1cccc(Cl)c1)N1CCN(S(=O)(=O)c2ccccc2)CC1. The zero-order valence-electron chi connectivity index (χ0n) is 13.6. The Hall–Kier alpha value is -1.89. The summed E-state index contributed by atoms with van der Waals surface area (Å²) < 4.78 is 26.6. The highest BCUT2D eigenvalue weighted by Crippen LogP contribution is 2.18. The lowest BCUT2D eigenvalue weighted by Crippen LogP contribution is -2.50. The molecule has 0 N–H and O–H groups in total. The van der Waals surface area contributed by atoms with Gasteiger partial charge in [-0.05, 0) is 29.8 Å². The molecule has 0 unspecified atom stereocenters. The second-order valence-electron chi connectivity index (χ2n) is 5.90. The van der Waals surface area contributed by atoms with Crippen LogP contribution in [0, 0.1) is 0 Å². The second kappa shape index (κ2) is 7.56. The summed E-state index contributed by atoms with van der Waals surface area (Å²) in [5.41, 5.74) is 0.858. The molecule has 0 aliphatic carbocycles. The summed E-state index contributed by atoms with van der Waals surface area (Å²) in [5, 5.41) is 0.601. The van der Waals surface area contributed by atoms with Crippen LogP contribution in [0.25, 0.3) is 0 Å². The Bertz CT molecular complexity index is 848. The van der Waals surface area contributed by atoms with Gasteiger partial charge in [-0.2, -0.15) is 4.31 Å². The van der Waals surface area contributed by atoms with Crippen molar-refractivity contribution in [2.45, 2.75) is 11.3 Å². The van der Waals surface area contributed by atoms with Gasteiger partial charge in [-0.15, -0.1) is 0 Å². The van der Waals surface area contributed by atoms with Crippen LogP contribution in [-0.4, -0.2) is 49.7 Å². The van der Waals surface area contributed by atoms with Crippen LogP contribution in [0.15, 0.2) is 59.5 Å². The number of piperazine rings is 1. The highest BCUT2D eigenvalue weighted by Gasteiger charge is 2.29. The molecular formula is C18H19ClN2O3S. The Kier molecular flexibility index (Phi) is 5.42. The molecule has 0 saturated carbocycles. The third-order valence-corrected chi connectivity index (χ3v) is 6.36. The molecule has 0 aromatic heterocycles. The molecule has 2 aromatic rings. The van der Waals surface area contributed by atoms with Crippen molar-refractivity contribution in [2.75, 3.05) is 26.2 Å². The molecule has 3 rings (SSSR count). The van der Waals surface area contributed by atoms with Crippen molar-refractivity contribution in [3.8, 4) is 0 Å². The average Bonchev–Trinajstić information content (AvgIpc) is 2.62. The van der Waals surface area contributed by atoms with E-state index in [9.17, 15) is 13.2 Å². The molecule has 0 bridgehead atoms. The highest BCUT2D eigenvalue weighted by molar-refractivity contribution is 7.89. The number of amides is 1. The fraction of sp³-hybridized carbons (Fsp3) is 0.278. The van der Waals surface area contributed by atoms with Crippen molar-refractivity contribution >= 4 is 27.5 Å². The molecule has 7 heteroatoms. The molecule has 1 heterocycles. The number of nitrogens with zero attached hydrogens (tertiary/aromatic N) is 2. The van der Waals surface area contributed by atoms with Crippen molar-refractivity contribution in [3.05, 3.63) is 65.2 Å². The van der Waals surface area contributed by atoms with E-state index >= 15 is 0 Å². The zero-order chi connectivity index (χ0) is 17.9. The van der Waals surface area contributed by atoms with Gasteiger partial charge in [-0.1, -0.05) is 41.9 Å². The summed E-state index contributed by atoms with van der Waals surface area (Å²) in [6.07, 6.45) is 0.270. The lowest BCUT2D eigenvalue weighted by molar-refractivity contribution is -0.131. The summed E-state index contributed by atoms with van der Waals surface area (Å²) in [5.74, 6) is -0.0148. The molecule has 132 valence electrons. The van der Waals surface area contributed by atoms with Gasteiger partial charge in [-0.25, -0.2) is 8.42 Å². The Labute approximate surface area is 152 Å². The predicted molar refractivity (Wildman–Crippen MR) is 96.9 cm³/mol. The number of hydrogen-bond donors (Lipinski definition) is 0. The molecule has 25 heavy (non-hydrogen) atoms. The van der Waals surface area contributed by atoms with Gasteiger partial charge in [0.15, 0.2) is 0 Å². The minimum atomic E-state index is -3.50. The molecule has 0 atom stereocenters. The fourth-order valence-corrected chi connectivity index (χ4v) is 4.51. The van der Waals surface area contributed by atoms with Crippen molar-refractivity contribution in [1.29, 1.82) is 0 Å². The third-order valence-electron chi connectivity index (χ3n) is 4.22. The zero-order valence-corrected chi connectivity index (χ0v) is 15.2. The Balaban J connectivity index is 1.61. The maximum Gasteiger partial charge on any atom is 0.243 e. The van der Waals surface area contributed by atoms with Crippen LogP contribution >= 0.6 is 11.6 Å². The van der Waals surface area contributed by atoms with E-state index in [0.717, 1.165) is 5.56 Å². The largest absolute Gasteiger partial charge is 0.340 e. The van der Waals surface area contributed by atoms with Gasteiger partial charge in [-0.3, -0.25) is 4.79 Å². The van der Waals surface area contributed by atoms with Crippen molar-refractivity contribution in [3.63, 3.8) is 0 Å². The molecule has 0 radical (unpaired) electrons. The number of hydrogen-bond acceptors (Lipinski definition) is 3. The number of carbonyl (C=O) groups excluding carboxylic acids is 1. The molecule has 1 aliphatic heterocycles. The number of halogens is 1. The van der Waals surface area contributed by atoms with E-state index in [-0.39, 0.29) is 17.2 Å². The third kappa shape index (κ3) is 4.21. The Morgan fingerprint density at radius 3 is 2.28 bits per heavy atom. The molecule has 1 aliphatic rings. The van der Waals surface area contributed by atoms with E-state index in [2.05, 4.69) is 0 Å². The van der Waals surface area contributed by atoms with E-state index in [1.165, 1.54) is 4.31 Å². The second-order valence-corrected chi connectivity index (χ2v) is 8.28. The van der Waals surface area contributed by atoms with Crippen molar-refractivity contribution in [2.24, 2.45) is 0 Å². The van der Waals surface area contributed by atoms with Gasteiger partial charge in [0.1, 0.15) is 0 Å². The van der Waals surface area contributed by atoms with Crippen LogP contribution < -0.4 is 0 Å².